The van der Waals surface area contributed by atoms with Crippen LogP contribution in [0.2, 0.25) is 0 Å². The Morgan fingerprint density at radius 2 is 1.88 bits per heavy atom. The number of carbonyl (C=O) groups excluding carboxylic acids is 1. The number of nitrogens with zero attached hydrogens (tertiary/aromatic N) is 6. The van der Waals surface area contributed by atoms with Crippen molar-refractivity contribution in [1.29, 1.82) is 0 Å². The Morgan fingerprint density at radius 1 is 1.19 bits per heavy atom. The van der Waals surface area contributed by atoms with Gasteiger partial charge in [0.1, 0.15) is 0 Å². The molecule has 0 spiro atoms. The summed E-state index contributed by atoms with van der Waals surface area (Å²) in [6.45, 7) is 4.02. The predicted octanol–water partition coefficient (Wildman–Crippen LogP) is 1.56. The average Bonchev–Trinajstić information content (AvgIpc) is 3.16. The van der Waals surface area contributed by atoms with Crippen LogP contribution in [0.1, 0.15) is 29.4 Å². The Hall–Kier alpha value is -2.80. The smallest absolute Gasteiger partial charge is 0.337 e. The summed E-state index contributed by atoms with van der Waals surface area (Å²) in [4.78, 5) is 15.2. The van der Waals surface area contributed by atoms with E-state index in [1.807, 2.05) is 0 Å². The molecular weight excluding hydrogens is 449 g/mol. The third kappa shape index (κ3) is 5.71. The Morgan fingerprint density at radius 3 is 2.44 bits per heavy atom. The number of hydrogen-bond donors (Lipinski definition) is 0. The molecular formula is C19H23F3N6O3S. The summed E-state index contributed by atoms with van der Waals surface area (Å²) in [6, 6.07) is 3.23. The SMILES string of the molecule is CCS(=O)(=O)N1CCN(C(=O)/C=C/c2ccc(C(F)(F)F)cc2Cn2nnc(C)n2)CC1. The molecule has 0 radical (unpaired) electrons. The van der Waals surface area contributed by atoms with Crippen LogP contribution in [-0.2, 0) is 27.5 Å². The molecule has 2 heterocycles. The first-order chi connectivity index (χ1) is 15.0. The van der Waals surface area contributed by atoms with Crippen LogP contribution in [0.5, 0.6) is 0 Å². The number of aromatic nitrogens is 4. The zero-order valence-electron chi connectivity index (χ0n) is 17.6. The van der Waals surface area contributed by atoms with Gasteiger partial charge >= 0.3 is 6.18 Å². The predicted molar refractivity (Wildman–Crippen MR) is 110 cm³/mol. The number of carbonyl (C=O) groups is 1. The molecule has 1 aliphatic rings. The highest BCUT2D eigenvalue weighted by molar-refractivity contribution is 7.89. The van der Waals surface area contributed by atoms with Crippen LogP contribution < -0.4 is 0 Å². The van der Waals surface area contributed by atoms with Crippen molar-refractivity contribution in [1.82, 2.24) is 29.4 Å². The molecule has 174 valence electrons. The molecule has 32 heavy (non-hydrogen) atoms. The van der Waals surface area contributed by atoms with Crippen LogP contribution in [0.4, 0.5) is 13.2 Å². The zero-order valence-corrected chi connectivity index (χ0v) is 18.4. The molecule has 0 aliphatic carbocycles. The molecule has 1 amide bonds. The lowest BCUT2D eigenvalue weighted by atomic mass is 10.0. The van der Waals surface area contributed by atoms with Crippen molar-refractivity contribution in [2.24, 2.45) is 0 Å². The van der Waals surface area contributed by atoms with Crippen molar-refractivity contribution >= 4 is 22.0 Å². The zero-order chi connectivity index (χ0) is 23.5. The quantitative estimate of drug-likeness (QED) is 0.592. The number of amides is 1. The van der Waals surface area contributed by atoms with E-state index in [1.165, 1.54) is 32.2 Å². The van der Waals surface area contributed by atoms with Crippen molar-refractivity contribution in [3.8, 4) is 0 Å². The molecule has 13 heteroatoms. The lowest BCUT2D eigenvalue weighted by Gasteiger charge is -2.33. The molecule has 0 N–H and O–H groups in total. The van der Waals surface area contributed by atoms with Gasteiger partial charge in [-0.1, -0.05) is 6.07 Å². The number of halogens is 3. The minimum atomic E-state index is -4.52. The fourth-order valence-corrected chi connectivity index (χ4v) is 4.34. The fraction of sp³-hybridized carbons (Fsp3) is 0.474. The minimum absolute atomic E-state index is 0.00228. The Kier molecular flexibility index (Phi) is 6.98. The molecule has 1 fully saturated rings. The van der Waals surface area contributed by atoms with Crippen LogP contribution >= 0.6 is 0 Å². The maximum absolute atomic E-state index is 13.2. The molecule has 2 aromatic rings. The van der Waals surface area contributed by atoms with Gasteiger partial charge in [0.05, 0.1) is 17.9 Å². The molecule has 0 saturated carbocycles. The van der Waals surface area contributed by atoms with Gasteiger partial charge in [-0.05, 0) is 48.4 Å². The van der Waals surface area contributed by atoms with Gasteiger partial charge in [0, 0.05) is 32.3 Å². The number of piperazine rings is 1. The van der Waals surface area contributed by atoms with Gasteiger partial charge in [-0.2, -0.15) is 22.3 Å². The van der Waals surface area contributed by atoms with Gasteiger partial charge in [0.2, 0.25) is 15.9 Å². The first-order valence-corrected chi connectivity index (χ1v) is 11.5. The fourth-order valence-electron chi connectivity index (χ4n) is 3.26. The number of hydrogen-bond acceptors (Lipinski definition) is 6. The highest BCUT2D eigenvalue weighted by Crippen LogP contribution is 2.31. The standard InChI is InChI=1S/C19H23F3N6O3S/c1-3-32(30,31)27-10-8-26(9-11-27)18(29)7-5-15-4-6-17(19(20,21)22)12-16(15)13-28-24-14(2)23-25-28/h4-7,12H,3,8-11,13H2,1-2H3/b7-5+. The summed E-state index contributed by atoms with van der Waals surface area (Å²) < 4.78 is 64.7. The minimum Gasteiger partial charge on any atom is -0.337 e. The van der Waals surface area contributed by atoms with Gasteiger partial charge in [0.15, 0.2) is 5.82 Å². The summed E-state index contributed by atoms with van der Waals surface area (Å²) in [6.07, 6.45) is -1.80. The molecule has 1 aromatic carbocycles. The number of sulfonamides is 1. The molecule has 1 aromatic heterocycles. The third-order valence-electron chi connectivity index (χ3n) is 5.05. The second-order valence-corrected chi connectivity index (χ2v) is 9.49. The van der Waals surface area contributed by atoms with Crippen molar-refractivity contribution in [3.05, 3.63) is 46.8 Å². The van der Waals surface area contributed by atoms with Crippen LogP contribution in [0, 0.1) is 6.92 Å². The highest BCUT2D eigenvalue weighted by atomic mass is 32.2. The van der Waals surface area contributed by atoms with E-state index in [0.29, 0.717) is 11.4 Å². The normalized spacial score (nSPS) is 16.1. The summed E-state index contributed by atoms with van der Waals surface area (Å²) >= 11 is 0. The summed E-state index contributed by atoms with van der Waals surface area (Å²) in [5, 5.41) is 11.5. The van der Waals surface area contributed by atoms with Crippen molar-refractivity contribution in [3.63, 3.8) is 0 Å². The van der Waals surface area contributed by atoms with E-state index >= 15 is 0 Å². The van der Waals surface area contributed by atoms with E-state index < -0.39 is 21.8 Å². The lowest BCUT2D eigenvalue weighted by molar-refractivity contribution is -0.137. The molecule has 1 saturated heterocycles. The number of rotatable bonds is 6. The first kappa shape index (κ1) is 23.9. The van der Waals surface area contributed by atoms with Crippen LogP contribution in [0.15, 0.2) is 24.3 Å². The average molecular weight is 472 g/mol. The maximum atomic E-state index is 13.2. The number of benzene rings is 1. The van der Waals surface area contributed by atoms with Gasteiger partial charge in [-0.3, -0.25) is 4.79 Å². The summed E-state index contributed by atoms with van der Waals surface area (Å²) in [5.74, 6) is 0.0325. The van der Waals surface area contributed by atoms with Crippen LogP contribution in [-0.4, -0.2) is 75.7 Å². The van der Waals surface area contributed by atoms with Crippen molar-refractivity contribution in [2.45, 2.75) is 26.6 Å². The number of alkyl halides is 3. The monoisotopic (exact) mass is 472 g/mol. The van der Waals surface area contributed by atoms with Crippen molar-refractivity contribution in [2.75, 3.05) is 31.9 Å². The van der Waals surface area contributed by atoms with Crippen LogP contribution in [0.3, 0.4) is 0 Å². The Bertz CT molecular complexity index is 1110. The summed E-state index contributed by atoms with van der Waals surface area (Å²) in [7, 11) is -3.31. The van der Waals surface area contributed by atoms with Gasteiger partial charge < -0.3 is 4.90 Å². The maximum Gasteiger partial charge on any atom is 0.416 e. The Labute approximate surface area is 183 Å². The van der Waals surface area contributed by atoms with Gasteiger partial charge in [0.25, 0.3) is 0 Å². The molecule has 0 bridgehead atoms. The molecule has 1 aliphatic heterocycles. The van der Waals surface area contributed by atoms with Crippen molar-refractivity contribution < 1.29 is 26.4 Å². The van der Waals surface area contributed by atoms with E-state index in [2.05, 4.69) is 15.4 Å². The lowest BCUT2D eigenvalue weighted by Crippen LogP contribution is -2.50. The van der Waals surface area contributed by atoms with Gasteiger partial charge in [-0.25, -0.2) is 8.42 Å². The van der Waals surface area contributed by atoms with E-state index in [1.54, 1.807) is 13.8 Å². The van der Waals surface area contributed by atoms with Crippen LogP contribution in [0.25, 0.3) is 6.08 Å². The molecule has 0 atom stereocenters. The van der Waals surface area contributed by atoms with E-state index in [9.17, 15) is 26.4 Å². The Balaban J connectivity index is 1.76. The topological polar surface area (TPSA) is 101 Å². The van der Waals surface area contributed by atoms with Gasteiger partial charge in [-0.15, -0.1) is 10.2 Å². The van der Waals surface area contributed by atoms with E-state index in [4.69, 9.17) is 0 Å². The third-order valence-corrected chi connectivity index (χ3v) is 6.93. The number of aryl methyl sites for hydroxylation is 1. The highest BCUT2D eigenvalue weighted by Gasteiger charge is 2.31. The largest absolute Gasteiger partial charge is 0.416 e. The van der Waals surface area contributed by atoms with E-state index in [0.717, 1.165) is 12.1 Å². The molecule has 3 rings (SSSR count). The second kappa shape index (κ2) is 9.36. The molecule has 9 nitrogen and oxygen atoms in total. The second-order valence-electron chi connectivity index (χ2n) is 7.24. The summed E-state index contributed by atoms with van der Waals surface area (Å²) in [5.41, 5.74) is -0.130. The molecule has 0 unspecified atom stereocenters. The van der Waals surface area contributed by atoms with E-state index in [-0.39, 0.29) is 49.9 Å². The number of tetrazole rings is 1. The first-order valence-electron chi connectivity index (χ1n) is 9.89.